The zero-order valence-corrected chi connectivity index (χ0v) is 13.1. The van der Waals surface area contributed by atoms with Gasteiger partial charge in [-0.15, -0.1) is 0 Å². The normalized spacial score (nSPS) is 16.9. The second-order valence-corrected chi connectivity index (χ2v) is 6.30. The van der Waals surface area contributed by atoms with Gasteiger partial charge in [0.2, 0.25) is 5.91 Å². The third-order valence-electron chi connectivity index (χ3n) is 4.32. The van der Waals surface area contributed by atoms with Crippen molar-refractivity contribution in [2.75, 3.05) is 5.32 Å². The van der Waals surface area contributed by atoms with Crippen LogP contribution in [0.3, 0.4) is 0 Å². The van der Waals surface area contributed by atoms with Gasteiger partial charge in [-0.05, 0) is 30.5 Å². The minimum absolute atomic E-state index is 0.126. The number of rotatable bonds is 5. The number of nitrogens with zero attached hydrogens (tertiary/aromatic N) is 3. The van der Waals surface area contributed by atoms with Crippen LogP contribution in [0.15, 0.2) is 36.9 Å². The van der Waals surface area contributed by atoms with Crippen molar-refractivity contribution in [1.82, 2.24) is 14.8 Å². The van der Waals surface area contributed by atoms with E-state index in [1.54, 1.807) is 11.0 Å². The van der Waals surface area contributed by atoms with Crippen LogP contribution in [0.2, 0.25) is 0 Å². The molecule has 1 saturated carbocycles. The molecule has 0 atom stereocenters. The zero-order valence-electron chi connectivity index (χ0n) is 13.1. The van der Waals surface area contributed by atoms with Crippen molar-refractivity contribution >= 4 is 11.6 Å². The smallest absolute Gasteiger partial charge is 0.227 e. The van der Waals surface area contributed by atoms with Crippen molar-refractivity contribution in [1.29, 1.82) is 0 Å². The fraction of sp³-hybridized carbons (Fsp3) is 0.471. The molecule has 2 N–H and O–H groups in total. The second kappa shape index (κ2) is 6.91. The molecule has 1 aromatic heterocycles. The van der Waals surface area contributed by atoms with Crippen LogP contribution in [-0.2, 0) is 11.3 Å². The van der Waals surface area contributed by atoms with Gasteiger partial charge in [-0.2, -0.15) is 5.10 Å². The van der Waals surface area contributed by atoms with Crippen LogP contribution in [-0.4, -0.2) is 31.4 Å². The Morgan fingerprint density at radius 3 is 2.61 bits per heavy atom. The van der Waals surface area contributed by atoms with Gasteiger partial charge in [-0.3, -0.25) is 4.79 Å². The van der Waals surface area contributed by atoms with Crippen molar-refractivity contribution in [2.24, 2.45) is 0 Å². The molecular weight excluding hydrogens is 292 g/mol. The first-order chi connectivity index (χ1) is 11.1. The molecule has 0 bridgehead atoms. The molecule has 0 radical (unpaired) electrons. The van der Waals surface area contributed by atoms with Crippen molar-refractivity contribution in [3.05, 3.63) is 42.5 Å². The summed E-state index contributed by atoms with van der Waals surface area (Å²) in [6, 6.07) is 7.64. The van der Waals surface area contributed by atoms with E-state index in [0.29, 0.717) is 6.54 Å². The van der Waals surface area contributed by atoms with E-state index in [4.69, 9.17) is 0 Å². The largest absolute Gasteiger partial charge is 0.389 e. The SMILES string of the molecule is O=C(CC1(O)CCCCC1)Nc1ccc(Cn2cncn2)cc1. The lowest BCUT2D eigenvalue weighted by molar-refractivity contribution is -0.122. The first-order valence-electron chi connectivity index (χ1n) is 8.07. The van der Waals surface area contributed by atoms with Crippen molar-refractivity contribution < 1.29 is 9.90 Å². The van der Waals surface area contributed by atoms with Gasteiger partial charge < -0.3 is 10.4 Å². The highest BCUT2D eigenvalue weighted by Crippen LogP contribution is 2.31. The Morgan fingerprint density at radius 2 is 1.96 bits per heavy atom. The van der Waals surface area contributed by atoms with Crippen LogP contribution in [0, 0.1) is 0 Å². The monoisotopic (exact) mass is 314 g/mol. The molecule has 1 amide bonds. The maximum atomic E-state index is 12.1. The first kappa shape index (κ1) is 15.7. The minimum atomic E-state index is -0.824. The fourth-order valence-corrected chi connectivity index (χ4v) is 3.09. The summed E-state index contributed by atoms with van der Waals surface area (Å²) in [4.78, 5) is 16.0. The molecule has 122 valence electrons. The van der Waals surface area contributed by atoms with Gasteiger partial charge in [0, 0.05) is 5.69 Å². The fourth-order valence-electron chi connectivity index (χ4n) is 3.09. The second-order valence-electron chi connectivity index (χ2n) is 6.30. The molecule has 1 heterocycles. The highest BCUT2D eigenvalue weighted by molar-refractivity contribution is 5.91. The maximum Gasteiger partial charge on any atom is 0.227 e. The van der Waals surface area contributed by atoms with E-state index in [0.717, 1.165) is 43.4 Å². The molecule has 2 aromatic rings. The molecule has 23 heavy (non-hydrogen) atoms. The third-order valence-corrected chi connectivity index (χ3v) is 4.32. The molecule has 1 fully saturated rings. The lowest BCUT2D eigenvalue weighted by atomic mass is 9.82. The topological polar surface area (TPSA) is 80.0 Å². The summed E-state index contributed by atoms with van der Waals surface area (Å²) in [6.45, 7) is 0.647. The van der Waals surface area contributed by atoms with E-state index in [9.17, 15) is 9.90 Å². The van der Waals surface area contributed by atoms with Crippen LogP contribution in [0.5, 0.6) is 0 Å². The van der Waals surface area contributed by atoms with Crippen LogP contribution in [0.1, 0.15) is 44.1 Å². The number of amides is 1. The van der Waals surface area contributed by atoms with Crippen LogP contribution in [0.4, 0.5) is 5.69 Å². The first-order valence-corrected chi connectivity index (χ1v) is 8.07. The molecule has 1 aliphatic carbocycles. The molecule has 6 heteroatoms. The number of anilines is 1. The van der Waals surface area contributed by atoms with Gasteiger partial charge >= 0.3 is 0 Å². The number of aromatic nitrogens is 3. The van der Waals surface area contributed by atoms with Crippen molar-refractivity contribution in [3.63, 3.8) is 0 Å². The predicted molar refractivity (Wildman–Crippen MR) is 86.8 cm³/mol. The summed E-state index contributed by atoms with van der Waals surface area (Å²) >= 11 is 0. The zero-order chi connectivity index (χ0) is 16.1. The molecule has 0 aliphatic heterocycles. The Kier molecular flexibility index (Phi) is 4.71. The molecule has 6 nitrogen and oxygen atoms in total. The van der Waals surface area contributed by atoms with E-state index in [1.807, 2.05) is 24.3 Å². The molecule has 3 rings (SSSR count). The predicted octanol–water partition coefficient (Wildman–Crippen LogP) is 2.35. The highest BCUT2D eigenvalue weighted by atomic mass is 16.3. The lowest BCUT2D eigenvalue weighted by Crippen LogP contribution is -2.35. The number of aliphatic hydroxyl groups is 1. The number of hydrogen-bond acceptors (Lipinski definition) is 4. The van der Waals surface area contributed by atoms with Crippen LogP contribution >= 0.6 is 0 Å². The average molecular weight is 314 g/mol. The highest BCUT2D eigenvalue weighted by Gasteiger charge is 2.31. The summed E-state index contributed by atoms with van der Waals surface area (Å²) in [6.07, 6.45) is 7.94. The summed E-state index contributed by atoms with van der Waals surface area (Å²) in [5.41, 5.74) is 1.01. The summed E-state index contributed by atoms with van der Waals surface area (Å²) < 4.78 is 1.74. The van der Waals surface area contributed by atoms with E-state index in [-0.39, 0.29) is 12.3 Å². The Morgan fingerprint density at radius 1 is 1.22 bits per heavy atom. The number of carbonyl (C=O) groups excluding carboxylic acids is 1. The Balaban J connectivity index is 1.54. The molecule has 1 aromatic carbocycles. The molecule has 1 aliphatic rings. The standard InChI is InChI=1S/C17H22N4O2/c22-16(10-17(23)8-2-1-3-9-17)20-15-6-4-14(5-7-15)11-21-13-18-12-19-21/h4-7,12-13,23H,1-3,8-11H2,(H,20,22). The van der Waals surface area contributed by atoms with Gasteiger partial charge in [-0.1, -0.05) is 31.4 Å². The van der Waals surface area contributed by atoms with Gasteiger partial charge in [0.1, 0.15) is 12.7 Å². The quantitative estimate of drug-likeness (QED) is 0.888. The van der Waals surface area contributed by atoms with E-state index >= 15 is 0 Å². The summed E-state index contributed by atoms with van der Waals surface area (Å²) in [7, 11) is 0. The third kappa shape index (κ3) is 4.39. The Bertz CT molecular complexity index is 631. The molecule has 0 saturated heterocycles. The van der Waals surface area contributed by atoms with Gasteiger partial charge in [0.15, 0.2) is 0 Å². The van der Waals surface area contributed by atoms with Crippen LogP contribution < -0.4 is 5.32 Å². The van der Waals surface area contributed by atoms with E-state index in [2.05, 4.69) is 15.4 Å². The van der Waals surface area contributed by atoms with Crippen molar-refractivity contribution in [3.8, 4) is 0 Å². The lowest BCUT2D eigenvalue weighted by Gasteiger charge is -2.31. The van der Waals surface area contributed by atoms with Gasteiger partial charge in [0.25, 0.3) is 0 Å². The number of benzene rings is 1. The maximum absolute atomic E-state index is 12.1. The summed E-state index contributed by atoms with van der Waals surface area (Å²) in [5.74, 6) is -0.126. The molecule has 0 unspecified atom stereocenters. The van der Waals surface area contributed by atoms with Gasteiger partial charge in [-0.25, -0.2) is 9.67 Å². The molecular formula is C17H22N4O2. The van der Waals surface area contributed by atoms with E-state index in [1.165, 1.54) is 6.33 Å². The molecule has 0 spiro atoms. The number of nitrogens with one attached hydrogen (secondary N) is 1. The van der Waals surface area contributed by atoms with Gasteiger partial charge in [0.05, 0.1) is 18.6 Å². The number of hydrogen-bond donors (Lipinski definition) is 2. The van der Waals surface area contributed by atoms with Crippen LogP contribution in [0.25, 0.3) is 0 Å². The Labute approximate surface area is 135 Å². The van der Waals surface area contributed by atoms with E-state index < -0.39 is 5.60 Å². The Hall–Kier alpha value is -2.21. The summed E-state index contributed by atoms with van der Waals surface area (Å²) in [5, 5.41) is 17.4. The van der Waals surface area contributed by atoms with Crippen molar-refractivity contribution in [2.45, 2.75) is 50.7 Å². The minimum Gasteiger partial charge on any atom is -0.389 e. The average Bonchev–Trinajstić information content (AvgIpc) is 3.02. The number of carbonyl (C=O) groups is 1.